The molecule has 0 aliphatic heterocycles. The van der Waals surface area contributed by atoms with Crippen LogP contribution in [0.5, 0.6) is 11.5 Å². The van der Waals surface area contributed by atoms with Crippen LogP contribution in [-0.4, -0.2) is 47.1 Å². The predicted octanol–water partition coefficient (Wildman–Crippen LogP) is 3.42. The van der Waals surface area contributed by atoms with Crippen LogP contribution < -0.4 is 15.0 Å². The van der Waals surface area contributed by atoms with Gasteiger partial charge in [0.1, 0.15) is 22.4 Å². The first-order valence-corrected chi connectivity index (χ1v) is 11.0. The van der Waals surface area contributed by atoms with Crippen LogP contribution >= 0.6 is 11.3 Å². The van der Waals surface area contributed by atoms with Gasteiger partial charge < -0.3 is 19.3 Å². The van der Waals surface area contributed by atoms with E-state index in [2.05, 4.69) is 4.98 Å². The summed E-state index contributed by atoms with van der Waals surface area (Å²) in [6.07, 6.45) is 4.27. The lowest BCUT2D eigenvalue weighted by molar-refractivity contribution is 0.0531. The summed E-state index contributed by atoms with van der Waals surface area (Å²) in [6.45, 7) is 5.55. The molecule has 8 nitrogen and oxygen atoms in total. The van der Waals surface area contributed by atoms with E-state index >= 15 is 0 Å². The Morgan fingerprint density at radius 3 is 2.81 bits per heavy atom. The standard InChI is InChI=1S/C23H26N2O6S/c1-5-7-15-8-9-17(18(10-15)29-4)31-12-16(26)11-25-13-24-21-19(22(25)27)14(3)20(32-21)23(28)30-6-2/h5,7-10,13,16,26H,6,11-12H2,1-4H3/b7-5+. The Morgan fingerprint density at radius 2 is 2.12 bits per heavy atom. The Kier molecular flexibility index (Phi) is 7.66. The quantitative estimate of drug-likeness (QED) is 0.491. The maximum Gasteiger partial charge on any atom is 0.348 e. The molecule has 170 valence electrons. The summed E-state index contributed by atoms with van der Waals surface area (Å²) in [5.41, 5.74) is 1.18. The summed E-state index contributed by atoms with van der Waals surface area (Å²) in [6, 6.07) is 5.49. The molecule has 2 aromatic heterocycles. The summed E-state index contributed by atoms with van der Waals surface area (Å²) < 4.78 is 17.4. The highest BCUT2D eigenvalue weighted by atomic mass is 32.1. The molecule has 1 aromatic carbocycles. The molecule has 0 radical (unpaired) electrons. The first-order valence-electron chi connectivity index (χ1n) is 10.2. The van der Waals surface area contributed by atoms with Crippen molar-refractivity contribution in [3.8, 4) is 11.5 Å². The van der Waals surface area contributed by atoms with Crippen molar-refractivity contribution >= 4 is 33.6 Å². The lowest BCUT2D eigenvalue weighted by Crippen LogP contribution is -2.30. The van der Waals surface area contributed by atoms with E-state index < -0.39 is 12.1 Å². The van der Waals surface area contributed by atoms with Gasteiger partial charge in [-0.1, -0.05) is 18.2 Å². The van der Waals surface area contributed by atoms with Crippen molar-refractivity contribution in [2.75, 3.05) is 20.3 Å². The Morgan fingerprint density at radius 1 is 1.34 bits per heavy atom. The molecule has 3 aromatic rings. The molecule has 9 heteroatoms. The van der Waals surface area contributed by atoms with E-state index in [1.807, 2.05) is 31.2 Å². The summed E-state index contributed by atoms with van der Waals surface area (Å²) in [5.74, 6) is 0.573. The van der Waals surface area contributed by atoms with Crippen molar-refractivity contribution in [1.29, 1.82) is 0 Å². The van der Waals surface area contributed by atoms with Gasteiger partial charge in [0.25, 0.3) is 5.56 Å². The molecule has 0 aliphatic carbocycles. The maximum atomic E-state index is 13.0. The molecule has 0 spiro atoms. The molecule has 0 amide bonds. The molecule has 0 saturated heterocycles. The lowest BCUT2D eigenvalue weighted by Gasteiger charge is -2.16. The molecular weight excluding hydrogens is 432 g/mol. The third kappa shape index (κ3) is 5.00. The Hall–Kier alpha value is -3.17. The molecule has 3 rings (SSSR count). The largest absolute Gasteiger partial charge is 0.493 e. The number of fused-ring (bicyclic) bond motifs is 1. The zero-order valence-corrected chi connectivity index (χ0v) is 19.3. The number of ether oxygens (including phenoxy) is 3. The highest BCUT2D eigenvalue weighted by Gasteiger charge is 2.21. The lowest BCUT2D eigenvalue weighted by atomic mass is 10.2. The number of aryl methyl sites for hydroxylation is 1. The number of rotatable bonds is 9. The average molecular weight is 459 g/mol. The summed E-state index contributed by atoms with van der Waals surface area (Å²) in [4.78, 5) is 30.2. The van der Waals surface area contributed by atoms with Crippen LogP contribution in [0.25, 0.3) is 16.3 Å². The summed E-state index contributed by atoms with van der Waals surface area (Å²) in [7, 11) is 1.55. The topological polar surface area (TPSA) is 99.9 Å². The number of carbonyl (C=O) groups is 1. The molecule has 0 aliphatic rings. The molecule has 2 heterocycles. The van der Waals surface area contributed by atoms with Crippen LogP contribution in [0.3, 0.4) is 0 Å². The molecular formula is C23H26N2O6S. The van der Waals surface area contributed by atoms with Crippen LogP contribution in [0.15, 0.2) is 35.4 Å². The van der Waals surface area contributed by atoms with Gasteiger partial charge in [-0.3, -0.25) is 9.36 Å². The van der Waals surface area contributed by atoms with E-state index in [-0.39, 0.29) is 25.3 Å². The molecule has 1 atom stereocenters. The number of aliphatic hydroxyl groups excluding tert-OH is 1. The predicted molar refractivity (Wildman–Crippen MR) is 124 cm³/mol. The van der Waals surface area contributed by atoms with Gasteiger partial charge in [0.15, 0.2) is 11.5 Å². The SMILES string of the molecule is C/C=C/c1ccc(OCC(O)Cn2cnc3sc(C(=O)OCC)c(C)c3c2=O)c(OC)c1. The monoisotopic (exact) mass is 458 g/mol. The van der Waals surface area contributed by atoms with Crippen molar-refractivity contribution in [2.24, 2.45) is 0 Å². The number of hydrogen-bond donors (Lipinski definition) is 1. The van der Waals surface area contributed by atoms with Crippen LogP contribution in [0, 0.1) is 6.92 Å². The first-order chi connectivity index (χ1) is 15.4. The minimum absolute atomic E-state index is 0.00916. The van der Waals surface area contributed by atoms with Crippen molar-refractivity contribution in [1.82, 2.24) is 9.55 Å². The fourth-order valence-corrected chi connectivity index (χ4v) is 4.28. The van der Waals surface area contributed by atoms with Gasteiger partial charge in [0.2, 0.25) is 0 Å². The van der Waals surface area contributed by atoms with E-state index in [4.69, 9.17) is 14.2 Å². The molecule has 32 heavy (non-hydrogen) atoms. The van der Waals surface area contributed by atoms with E-state index in [1.54, 1.807) is 27.0 Å². The number of esters is 1. The summed E-state index contributed by atoms with van der Waals surface area (Å²) >= 11 is 1.12. The fraction of sp³-hybridized carbons (Fsp3) is 0.348. The van der Waals surface area contributed by atoms with Gasteiger partial charge in [-0.05, 0) is 44.0 Å². The maximum absolute atomic E-state index is 13.0. The van der Waals surface area contributed by atoms with Crippen LogP contribution in [0.2, 0.25) is 0 Å². The van der Waals surface area contributed by atoms with E-state index in [1.165, 1.54) is 10.9 Å². The number of nitrogens with zero attached hydrogens (tertiary/aromatic N) is 2. The van der Waals surface area contributed by atoms with Crippen LogP contribution in [0.4, 0.5) is 0 Å². The normalized spacial score (nSPS) is 12.3. The molecule has 0 saturated carbocycles. The van der Waals surface area contributed by atoms with Crippen LogP contribution in [0.1, 0.15) is 34.6 Å². The van der Waals surface area contributed by atoms with Crippen molar-refractivity contribution in [2.45, 2.75) is 33.4 Å². The number of allylic oxidation sites excluding steroid dienone is 1. The average Bonchev–Trinajstić information content (AvgIpc) is 3.12. The molecule has 0 fully saturated rings. The van der Waals surface area contributed by atoms with Gasteiger partial charge in [0, 0.05) is 0 Å². The number of benzene rings is 1. The van der Waals surface area contributed by atoms with Crippen molar-refractivity contribution in [3.63, 3.8) is 0 Å². The van der Waals surface area contributed by atoms with Gasteiger partial charge in [-0.25, -0.2) is 9.78 Å². The molecule has 1 N–H and O–H groups in total. The van der Waals surface area contributed by atoms with E-state index in [9.17, 15) is 14.7 Å². The third-order valence-corrected chi connectivity index (χ3v) is 5.94. The second-order valence-electron chi connectivity index (χ2n) is 7.03. The number of methoxy groups -OCH3 is 1. The molecule has 1 unspecified atom stereocenters. The Labute approximate surface area is 189 Å². The van der Waals surface area contributed by atoms with E-state index in [0.29, 0.717) is 32.2 Å². The van der Waals surface area contributed by atoms with Gasteiger partial charge in [-0.2, -0.15) is 0 Å². The molecule has 0 bridgehead atoms. The van der Waals surface area contributed by atoms with Gasteiger partial charge in [-0.15, -0.1) is 11.3 Å². The highest BCUT2D eigenvalue weighted by molar-refractivity contribution is 7.20. The summed E-state index contributed by atoms with van der Waals surface area (Å²) in [5, 5.41) is 10.8. The number of hydrogen-bond acceptors (Lipinski definition) is 8. The Bertz CT molecular complexity index is 1200. The minimum atomic E-state index is -0.963. The van der Waals surface area contributed by atoms with E-state index in [0.717, 1.165) is 16.9 Å². The Balaban J connectivity index is 1.75. The first kappa shape index (κ1) is 23.5. The second-order valence-corrected chi connectivity index (χ2v) is 8.03. The fourth-order valence-electron chi connectivity index (χ4n) is 3.25. The minimum Gasteiger partial charge on any atom is -0.493 e. The smallest absolute Gasteiger partial charge is 0.348 e. The second kappa shape index (κ2) is 10.4. The highest BCUT2D eigenvalue weighted by Crippen LogP contribution is 2.29. The van der Waals surface area contributed by atoms with Crippen molar-refractivity contribution < 1.29 is 24.1 Å². The van der Waals surface area contributed by atoms with Gasteiger partial charge in [0.05, 0.1) is 32.0 Å². The third-order valence-electron chi connectivity index (χ3n) is 4.76. The number of aliphatic hydroxyl groups is 1. The zero-order valence-electron chi connectivity index (χ0n) is 18.5. The number of thiophene rings is 1. The number of aromatic nitrogens is 2. The number of carbonyl (C=O) groups excluding carboxylic acids is 1. The van der Waals surface area contributed by atoms with Crippen LogP contribution in [-0.2, 0) is 11.3 Å². The zero-order chi connectivity index (χ0) is 23.3. The van der Waals surface area contributed by atoms with Gasteiger partial charge >= 0.3 is 5.97 Å². The van der Waals surface area contributed by atoms with Crippen molar-refractivity contribution in [3.05, 3.63) is 57.0 Å².